The Labute approximate surface area is 241 Å². The molecule has 5 rings (SSSR count). The molecule has 41 heavy (non-hydrogen) atoms. The lowest BCUT2D eigenvalue weighted by Crippen LogP contribution is -2.61. The number of carbonyl (C=O) groups excluding carboxylic acids is 2. The van der Waals surface area contributed by atoms with Crippen molar-refractivity contribution in [3.8, 4) is 5.75 Å². The summed E-state index contributed by atoms with van der Waals surface area (Å²) in [7, 11) is 1.58. The van der Waals surface area contributed by atoms with Gasteiger partial charge in [-0.05, 0) is 44.7 Å². The smallest absolute Gasteiger partial charge is 0.232 e. The van der Waals surface area contributed by atoms with E-state index in [9.17, 15) is 14.7 Å². The van der Waals surface area contributed by atoms with Gasteiger partial charge in [0.1, 0.15) is 29.8 Å². The maximum absolute atomic E-state index is 13.9. The van der Waals surface area contributed by atoms with Crippen LogP contribution in [0.15, 0.2) is 52.7 Å². The molecule has 1 aliphatic carbocycles. The van der Waals surface area contributed by atoms with Crippen molar-refractivity contribution in [1.82, 2.24) is 10.2 Å². The number of amides is 2. The molecule has 0 aromatic heterocycles. The fourth-order valence-corrected chi connectivity index (χ4v) is 6.67. The van der Waals surface area contributed by atoms with Gasteiger partial charge in [0.25, 0.3) is 0 Å². The van der Waals surface area contributed by atoms with Gasteiger partial charge in [0, 0.05) is 18.2 Å². The number of ether oxygens (including phenoxy) is 3. The van der Waals surface area contributed by atoms with Gasteiger partial charge in [-0.25, -0.2) is 4.99 Å². The third-order valence-corrected chi connectivity index (χ3v) is 9.15. The van der Waals surface area contributed by atoms with Crippen LogP contribution in [0.25, 0.3) is 0 Å². The fourth-order valence-electron chi connectivity index (χ4n) is 6.67. The van der Waals surface area contributed by atoms with E-state index in [1.807, 2.05) is 64.1 Å². The molecule has 0 saturated carbocycles. The van der Waals surface area contributed by atoms with Gasteiger partial charge in [0.2, 0.25) is 11.8 Å². The quantitative estimate of drug-likeness (QED) is 0.462. The highest BCUT2D eigenvalue weighted by atomic mass is 16.5. The number of rotatable bonds is 7. The van der Waals surface area contributed by atoms with E-state index in [4.69, 9.17) is 24.9 Å². The van der Waals surface area contributed by atoms with Gasteiger partial charge in [0.05, 0.1) is 30.5 Å². The summed E-state index contributed by atoms with van der Waals surface area (Å²) < 4.78 is 17.8. The van der Waals surface area contributed by atoms with Crippen molar-refractivity contribution in [3.63, 3.8) is 0 Å². The minimum atomic E-state index is -1.30. The number of hydrogen-bond donors (Lipinski definition) is 3. The number of aliphatic hydroxyl groups is 1. The van der Waals surface area contributed by atoms with Gasteiger partial charge in [-0.3, -0.25) is 14.5 Å². The molecule has 0 spiro atoms. The Morgan fingerprint density at radius 1 is 1.24 bits per heavy atom. The van der Waals surface area contributed by atoms with Crippen LogP contribution in [0.4, 0.5) is 0 Å². The first-order valence-corrected chi connectivity index (χ1v) is 14.4. The molecule has 1 aromatic carbocycles. The maximum Gasteiger partial charge on any atom is 0.232 e. The number of fused-ring (bicyclic) bond motifs is 2. The first-order chi connectivity index (χ1) is 19.4. The summed E-state index contributed by atoms with van der Waals surface area (Å²) in [6, 6.07) is 6.10. The zero-order valence-corrected chi connectivity index (χ0v) is 24.8. The standard InChI is InChI=1S/C31H42N4O6/c1-7-31(8-2)15-24(36)35(28(32)34-31)26-21-14-20(18(3)13-23(21)41-30(26,5)17-39-6)27(37)33-25-19-11-9-10-12-22(19)40-16-29(25,4)38/h9-14,18,20,25-26,38H,7-8,15-17H2,1-6H3,(H2,32,34)(H,33,37)/t18?,20?,25-,26+,29+,30+/m1/s1. The summed E-state index contributed by atoms with van der Waals surface area (Å²) in [5.41, 5.74) is 5.17. The number of benzene rings is 1. The summed E-state index contributed by atoms with van der Waals surface area (Å²) in [5.74, 6) is 0.220. The first kappa shape index (κ1) is 29.1. The summed E-state index contributed by atoms with van der Waals surface area (Å²) >= 11 is 0. The van der Waals surface area contributed by atoms with Crippen molar-refractivity contribution in [3.05, 3.63) is 53.3 Å². The average molecular weight is 567 g/mol. The number of guanidine groups is 1. The number of nitrogens with one attached hydrogen (secondary N) is 1. The Morgan fingerprint density at radius 3 is 2.61 bits per heavy atom. The molecular formula is C31H42N4O6. The average Bonchev–Trinajstić information content (AvgIpc) is 3.19. The van der Waals surface area contributed by atoms with Gasteiger partial charge >= 0.3 is 0 Å². The number of carbonyl (C=O) groups is 2. The summed E-state index contributed by atoms with van der Waals surface area (Å²) in [4.78, 5) is 34.0. The minimum Gasteiger partial charge on any atom is -0.490 e. The third-order valence-electron chi connectivity index (χ3n) is 9.15. The van der Waals surface area contributed by atoms with Crippen LogP contribution in [0, 0.1) is 11.8 Å². The van der Waals surface area contributed by atoms with Gasteiger partial charge in [-0.2, -0.15) is 0 Å². The van der Waals surface area contributed by atoms with Crippen LogP contribution in [-0.4, -0.2) is 70.9 Å². The number of para-hydroxylation sites is 1. The number of aliphatic imine (C=N–C) groups is 1. The van der Waals surface area contributed by atoms with Crippen LogP contribution < -0.4 is 15.8 Å². The number of nitrogens with two attached hydrogens (primary N) is 1. The number of nitrogens with zero attached hydrogens (tertiary/aromatic N) is 2. The molecule has 2 amide bonds. The highest BCUT2D eigenvalue weighted by Gasteiger charge is 2.56. The van der Waals surface area contributed by atoms with Gasteiger partial charge < -0.3 is 30.4 Å². The molecule has 4 aliphatic rings. The molecule has 1 saturated heterocycles. The van der Waals surface area contributed by atoms with Crippen molar-refractivity contribution in [2.45, 2.75) is 82.7 Å². The van der Waals surface area contributed by atoms with E-state index >= 15 is 0 Å². The Balaban J connectivity index is 1.51. The van der Waals surface area contributed by atoms with Crippen molar-refractivity contribution in [2.75, 3.05) is 20.3 Å². The van der Waals surface area contributed by atoms with Gasteiger partial charge in [-0.1, -0.05) is 45.0 Å². The second-order valence-electron chi connectivity index (χ2n) is 12.3. The van der Waals surface area contributed by atoms with E-state index < -0.39 is 34.7 Å². The van der Waals surface area contributed by atoms with Crippen molar-refractivity contribution >= 4 is 17.8 Å². The van der Waals surface area contributed by atoms with Crippen LogP contribution in [0.3, 0.4) is 0 Å². The van der Waals surface area contributed by atoms with Crippen LogP contribution in [0.1, 0.15) is 65.5 Å². The lowest BCUT2D eigenvalue weighted by Gasteiger charge is -2.42. The molecule has 1 fully saturated rings. The molecule has 10 heteroatoms. The van der Waals surface area contributed by atoms with Gasteiger partial charge in [-0.15, -0.1) is 0 Å². The second-order valence-corrected chi connectivity index (χ2v) is 12.3. The first-order valence-electron chi connectivity index (χ1n) is 14.4. The molecule has 222 valence electrons. The Morgan fingerprint density at radius 2 is 1.95 bits per heavy atom. The lowest BCUT2D eigenvalue weighted by molar-refractivity contribution is -0.135. The summed E-state index contributed by atoms with van der Waals surface area (Å²) in [5, 5.41) is 14.2. The van der Waals surface area contributed by atoms with Crippen LogP contribution in [-0.2, 0) is 19.1 Å². The Hall–Kier alpha value is -3.37. The predicted octanol–water partition coefficient (Wildman–Crippen LogP) is 2.97. The van der Waals surface area contributed by atoms with Gasteiger partial charge in [0.15, 0.2) is 11.6 Å². The van der Waals surface area contributed by atoms with E-state index in [0.717, 1.165) is 5.56 Å². The molecule has 3 heterocycles. The summed E-state index contributed by atoms with van der Waals surface area (Å²) in [6.07, 6.45) is 5.45. The van der Waals surface area contributed by atoms with E-state index in [1.54, 1.807) is 14.0 Å². The predicted molar refractivity (Wildman–Crippen MR) is 154 cm³/mol. The lowest BCUT2D eigenvalue weighted by atomic mass is 9.80. The number of allylic oxidation sites excluding steroid dienone is 1. The Bertz CT molecular complexity index is 1320. The molecule has 10 nitrogen and oxygen atoms in total. The molecule has 4 N–H and O–H groups in total. The zero-order chi connectivity index (χ0) is 29.7. The van der Waals surface area contributed by atoms with E-state index in [1.165, 1.54) is 4.90 Å². The minimum absolute atomic E-state index is 0.0539. The number of methoxy groups -OCH3 is 1. The Kier molecular flexibility index (Phi) is 7.44. The molecular weight excluding hydrogens is 524 g/mol. The van der Waals surface area contributed by atoms with Crippen molar-refractivity contribution in [2.24, 2.45) is 22.6 Å². The monoisotopic (exact) mass is 566 g/mol. The maximum atomic E-state index is 13.9. The largest absolute Gasteiger partial charge is 0.490 e. The molecule has 2 unspecified atom stereocenters. The van der Waals surface area contributed by atoms with Crippen molar-refractivity contribution < 1.29 is 28.9 Å². The normalized spacial score (nSPS) is 33.9. The topological polar surface area (TPSA) is 136 Å². The molecule has 3 aliphatic heterocycles. The molecule has 0 radical (unpaired) electrons. The van der Waals surface area contributed by atoms with Crippen LogP contribution >= 0.6 is 0 Å². The van der Waals surface area contributed by atoms with Crippen molar-refractivity contribution in [1.29, 1.82) is 0 Å². The van der Waals surface area contributed by atoms with E-state index in [0.29, 0.717) is 29.9 Å². The number of hydrogen-bond acceptors (Lipinski definition) is 8. The molecule has 0 bridgehead atoms. The van der Waals surface area contributed by atoms with E-state index in [-0.39, 0.29) is 43.3 Å². The highest BCUT2D eigenvalue weighted by molar-refractivity contribution is 6.00. The highest BCUT2D eigenvalue weighted by Crippen LogP contribution is 2.47. The molecule has 1 aromatic rings. The third kappa shape index (κ3) is 4.91. The second kappa shape index (κ2) is 10.5. The summed E-state index contributed by atoms with van der Waals surface area (Å²) in [6.45, 7) is 9.77. The fraction of sp³-hybridized carbons (Fsp3) is 0.581. The van der Waals surface area contributed by atoms with Crippen LogP contribution in [0.5, 0.6) is 5.75 Å². The van der Waals surface area contributed by atoms with E-state index in [2.05, 4.69) is 5.32 Å². The van der Waals surface area contributed by atoms with Crippen LogP contribution in [0.2, 0.25) is 0 Å². The SMILES string of the molecule is CCC1(CC)CC(=O)N([C@H]2C3=CC(C(=O)N[C@@H]4c5ccccc5OC[C@]4(C)O)C(C)C=C3O[C@@]2(C)COC)C(N)=N1. The molecule has 6 atom stereocenters. The zero-order valence-electron chi connectivity index (χ0n) is 24.8.